The molecule has 7 heteroatoms. The van der Waals surface area contributed by atoms with Crippen LogP contribution in [0.4, 0.5) is 5.82 Å². The van der Waals surface area contributed by atoms with Crippen molar-refractivity contribution in [1.82, 2.24) is 15.1 Å². The lowest BCUT2D eigenvalue weighted by Gasteiger charge is -2.21. The van der Waals surface area contributed by atoms with Crippen molar-refractivity contribution in [3.05, 3.63) is 17.8 Å². The number of carbonyl (C=O) groups is 1. The van der Waals surface area contributed by atoms with Crippen LogP contribution in [0.3, 0.4) is 0 Å². The van der Waals surface area contributed by atoms with Gasteiger partial charge in [0.15, 0.2) is 11.5 Å². The van der Waals surface area contributed by atoms with Crippen molar-refractivity contribution in [2.75, 3.05) is 46.3 Å². The molecule has 2 N–H and O–H groups in total. The van der Waals surface area contributed by atoms with Crippen LogP contribution in [0.25, 0.3) is 0 Å². The highest BCUT2D eigenvalue weighted by Crippen LogP contribution is 2.08. The normalized spacial score (nSPS) is 12.1. The van der Waals surface area contributed by atoms with Gasteiger partial charge in [0.2, 0.25) is 0 Å². The van der Waals surface area contributed by atoms with E-state index < -0.39 is 0 Å². The number of nitrogens with two attached hydrogens (primary N) is 1. The Morgan fingerprint density at radius 3 is 2.53 bits per heavy atom. The maximum absolute atomic E-state index is 11.7. The summed E-state index contributed by atoms with van der Waals surface area (Å²) in [7, 11) is 6.83. The lowest BCUT2D eigenvalue weighted by atomic mass is 10.3. The number of aromatic nitrogens is 2. The van der Waals surface area contributed by atoms with E-state index in [1.54, 1.807) is 33.3 Å². The van der Waals surface area contributed by atoms with Crippen LogP contribution in [-0.4, -0.2) is 68.5 Å². The molecule has 0 aliphatic rings. The Morgan fingerprint density at radius 2 is 2.05 bits per heavy atom. The quantitative estimate of drug-likeness (QED) is 0.754. The molecule has 1 heterocycles. The topological polar surface area (TPSA) is 84.6 Å². The Morgan fingerprint density at radius 1 is 1.37 bits per heavy atom. The number of hydrogen-bond acceptors (Lipinski definition) is 6. The van der Waals surface area contributed by atoms with Gasteiger partial charge >= 0.3 is 0 Å². The highest BCUT2D eigenvalue weighted by molar-refractivity contribution is 5.91. The molecule has 0 aliphatic heterocycles. The number of hydrogen-bond donors (Lipinski definition) is 1. The van der Waals surface area contributed by atoms with Gasteiger partial charge in [0, 0.05) is 40.8 Å². The Hall–Kier alpha value is -1.73. The number of rotatable bonds is 6. The van der Waals surface area contributed by atoms with Gasteiger partial charge in [-0.05, 0) is 12.1 Å². The lowest BCUT2D eigenvalue weighted by Crippen LogP contribution is -2.38. The molecule has 1 aromatic rings. The largest absolute Gasteiger partial charge is 0.383 e. The molecule has 0 saturated carbocycles. The maximum atomic E-state index is 11.7. The molecule has 19 heavy (non-hydrogen) atoms. The first kappa shape index (κ1) is 15.3. The Kier molecular flexibility index (Phi) is 5.65. The van der Waals surface area contributed by atoms with Crippen LogP contribution in [0, 0.1) is 0 Å². The van der Waals surface area contributed by atoms with E-state index in [1.165, 1.54) is 4.90 Å². The van der Waals surface area contributed by atoms with Crippen LogP contribution >= 0.6 is 0 Å². The molecule has 106 valence electrons. The van der Waals surface area contributed by atoms with Crippen LogP contribution in [0.5, 0.6) is 0 Å². The third-order valence-electron chi connectivity index (χ3n) is 2.56. The highest BCUT2D eigenvalue weighted by Gasteiger charge is 2.12. The Bertz CT molecular complexity index is 407. The predicted octanol–water partition coefficient (Wildman–Crippen LogP) is -0.412. The molecule has 0 bridgehead atoms. The van der Waals surface area contributed by atoms with Gasteiger partial charge in [0.1, 0.15) is 0 Å². The second kappa shape index (κ2) is 7.01. The Balaban J connectivity index is 2.68. The van der Waals surface area contributed by atoms with Crippen LogP contribution in [-0.2, 0) is 4.74 Å². The smallest absolute Gasteiger partial charge is 0.273 e. The SMILES string of the molecule is COCC(N)CN(C)c1ccc(C(=O)N(C)C)nn1. The number of anilines is 1. The van der Waals surface area contributed by atoms with Crippen molar-refractivity contribution in [2.45, 2.75) is 6.04 Å². The summed E-state index contributed by atoms with van der Waals surface area (Å²) in [4.78, 5) is 15.0. The molecule has 1 atom stereocenters. The van der Waals surface area contributed by atoms with Crippen LogP contribution in [0.2, 0.25) is 0 Å². The fraction of sp³-hybridized carbons (Fsp3) is 0.583. The number of nitrogens with zero attached hydrogens (tertiary/aromatic N) is 4. The highest BCUT2D eigenvalue weighted by atomic mass is 16.5. The van der Waals surface area contributed by atoms with Gasteiger partial charge in [-0.3, -0.25) is 4.79 Å². The number of amides is 1. The molecule has 0 saturated heterocycles. The number of methoxy groups -OCH3 is 1. The average molecular weight is 267 g/mol. The maximum Gasteiger partial charge on any atom is 0.273 e. The minimum absolute atomic E-state index is 0.0973. The van der Waals surface area contributed by atoms with Gasteiger partial charge in [0.05, 0.1) is 6.61 Å². The molecule has 0 fully saturated rings. The van der Waals surface area contributed by atoms with E-state index in [-0.39, 0.29) is 11.9 Å². The third kappa shape index (κ3) is 4.46. The summed E-state index contributed by atoms with van der Waals surface area (Å²) in [5.74, 6) is 0.500. The fourth-order valence-corrected chi connectivity index (χ4v) is 1.58. The second-order valence-electron chi connectivity index (χ2n) is 4.57. The van der Waals surface area contributed by atoms with Gasteiger partial charge in [-0.1, -0.05) is 0 Å². The summed E-state index contributed by atoms with van der Waals surface area (Å²) in [5.41, 5.74) is 6.19. The van der Waals surface area contributed by atoms with Gasteiger partial charge in [-0.25, -0.2) is 0 Å². The molecular weight excluding hydrogens is 246 g/mol. The van der Waals surface area contributed by atoms with Gasteiger partial charge in [-0.2, -0.15) is 0 Å². The molecular formula is C12H21N5O2. The number of carbonyl (C=O) groups excluding carboxylic acids is 1. The molecule has 1 aromatic heterocycles. The van der Waals surface area contributed by atoms with E-state index >= 15 is 0 Å². The average Bonchev–Trinajstić information content (AvgIpc) is 2.38. The molecule has 0 radical (unpaired) electrons. The first-order valence-corrected chi connectivity index (χ1v) is 5.96. The van der Waals surface area contributed by atoms with Crippen LogP contribution in [0.1, 0.15) is 10.5 Å². The zero-order chi connectivity index (χ0) is 14.4. The van der Waals surface area contributed by atoms with Gasteiger partial charge in [-0.15, -0.1) is 10.2 Å². The van der Waals surface area contributed by atoms with E-state index in [0.717, 1.165) is 0 Å². The van der Waals surface area contributed by atoms with Crippen molar-refractivity contribution in [3.8, 4) is 0 Å². The van der Waals surface area contributed by atoms with Crippen molar-refractivity contribution in [2.24, 2.45) is 5.73 Å². The molecule has 0 spiro atoms. The monoisotopic (exact) mass is 267 g/mol. The second-order valence-corrected chi connectivity index (χ2v) is 4.57. The number of ether oxygens (including phenoxy) is 1. The summed E-state index contributed by atoms with van der Waals surface area (Å²) in [6.07, 6.45) is 0. The molecule has 0 aromatic carbocycles. The van der Waals surface area contributed by atoms with E-state index in [2.05, 4.69) is 10.2 Å². The minimum Gasteiger partial charge on any atom is -0.383 e. The van der Waals surface area contributed by atoms with E-state index in [4.69, 9.17) is 10.5 Å². The van der Waals surface area contributed by atoms with Crippen molar-refractivity contribution in [3.63, 3.8) is 0 Å². The fourth-order valence-electron chi connectivity index (χ4n) is 1.58. The minimum atomic E-state index is -0.169. The first-order chi connectivity index (χ1) is 8.95. The summed E-state index contributed by atoms with van der Waals surface area (Å²) in [5, 5.41) is 7.95. The summed E-state index contributed by atoms with van der Waals surface area (Å²) < 4.78 is 4.98. The summed E-state index contributed by atoms with van der Waals surface area (Å²) in [6, 6.07) is 3.31. The van der Waals surface area contributed by atoms with Crippen molar-refractivity contribution < 1.29 is 9.53 Å². The van der Waals surface area contributed by atoms with E-state index in [1.807, 2.05) is 11.9 Å². The lowest BCUT2D eigenvalue weighted by molar-refractivity contribution is 0.0821. The van der Waals surface area contributed by atoms with Gasteiger partial charge < -0.3 is 20.3 Å². The van der Waals surface area contributed by atoms with E-state index in [0.29, 0.717) is 24.7 Å². The molecule has 0 aliphatic carbocycles. The molecule has 1 amide bonds. The van der Waals surface area contributed by atoms with Crippen molar-refractivity contribution >= 4 is 11.7 Å². The van der Waals surface area contributed by atoms with Crippen LogP contribution in [0.15, 0.2) is 12.1 Å². The Labute approximate surface area is 113 Å². The van der Waals surface area contributed by atoms with Gasteiger partial charge in [0.25, 0.3) is 5.91 Å². The first-order valence-electron chi connectivity index (χ1n) is 5.96. The summed E-state index contributed by atoms with van der Waals surface area (Å²) in [6.45, 7) is 1.08. The third-order valence-corrected chi connectivity index (χ3v) is 2.56. The van der Waals surface area contributed by atoms with E-state index in [9.17, 15) is 4.79 Å². The molecule has 1 rings (SSSR count). The summed E-state index contributed by atoms with van der Waals surface area (Å²) >= 11 is 0. The molecule has 1 unspecified atom stereocenters. The number of likely N-dealkylation sites (N-methyl/N-ethyl adjacent to an activating group) is 1. The zero-order valence-electron chi connectivity index (χ0n) is 11.8. The zero-order valence-corrected chi connectivity index (χ0v) is 11.8. The predicted molar refractivity (Wildman–Crippen MR) is 73.2 cm³/mol. The molecule has 7 nitrogen and oxygen atoms in total. The van der Waals surface area contributed by atoms with Crippen LogP contribution < -0.4 is 10.6 Å². The van der Waals surface area contributed by atoms with Crippen molar-refractivity contribution in [1.29, 1.82) is 0 Å². The standard InChI is InChI=1S/C12H21N5O2/c1-16(2)12(18)10-5-6-11(15-14-10)17(3)7-9(13)8-19-4/h5-6,9H,7-8,13H2,1-4H3.